The van der Waals surface area contributed by atoms with Crippen LogP contribution in [0.5, 0.6) is 23.3 Å². The van der Waals surface area contributed by atoms with Crippen molar-refractivity contribution in [2.75, 3.05) is 13.1 Å². The summed E-state index contributed by atoms with van der Waals surface area (Å²) >= 11 is 0. The number of hydrogen-bond acceptors (Lipinski definition) is 12. The molecule has 0 spiro atoms. The molecular formula is C37H40N10O4. The average molecular weight is 689 g/mol. The van der Waals surface area contributed by atoms with Gasteiger partial charge in [-0.15, -0.1) is 20.4 Å². The highest BCUT2D eigenvalue weighted by molar-refractivity contribution is 5.69. The van der Waals surface area contributed by atoms with Gasteiger partial charge in [0, 0.05) is 78.8 Å². The van der Waals surface area contributed by atoms with E-state index in [2.05, 4.69) is 55.1 Å². The maximum atomic E-state index is 10.4. The fourth-order valence-corrected chi connectivity index (χ4v) is 6.33. The normalized spacial score (nSPS) is 20.0. The fourth-order valence-electron chi connectivity index (χ4n) is 6.33. The second-order valence-corrected chi connectivity index (χ2v) is 12.7. The summed E-state index contributed by atoms with van der Waals surface area (Å²) in [6.45, 7) is 6.12. The molecule has 51 heavy (non-hydrogen) atoms. The summed E-state index contributed by atoms with van der Waals surface area (Å²) in [6, 6.07) is 22.4. The molecule has 0 bridgehead atoms. The quantitative estimate of drug-likeness (QED) is 0.174. The number of nitrogens with zero attached hydrogens (tertiary/aromatic N) is 8. The Hall–Kier alpha value is -5.86. The molecule has 0 radical (unpaired) electrons. The van der Waals surface area contributed by atoms with Gasteiger partial charge in [0.15, 0.2) is 0 Å². The van der Waals surface area contributed by atoms with Crippen LogP contribution in [0.3, 0.4) is 0 Å². The van der Waals surface area contributed by atoms with E-state index in [-0.39, 0.29) is 23.7 Å². The van der Waals surface area contributed by atoms with E-state index in [4.69, 9.17) is 9.47 Å². The molecule has 4 aromatic heterocycles. The van der Waals surface area contributed by atoms with Gasteiger partial charge in [-0.1, -0.05) is 0 Å². The fraction of sp³-hybridized carbons (Fsp3) is 0.297. The Bertz CT molecular complexity index is 1990. The van der Waals surface area contributed by atoms with Crippen LogP contribution in [0.15, 0.2) is 97.6 Å². The SMILES string of the molecule is CC1CC(Oc2ccc(-c3ccc(-n4cccn4)cc3O)nn2)CC(C)N1.Oc1cc(-n2cccn2)ccc1-c1ccc(OC2CCNC2)nn1. The first kappa shape index (κ1) is 33.6. The van der Waals surface area contributed by atoms with Crippen LogP contribution in [0.25, 0.3) is 33.9 Å². The van der Waals surface area contributed by atoms with E-state index < -0.39 is 0 Å². The Balaban J connectivity index is 0.000000160. The Morgan fingerprint density at radius 3 is 1.61 bits per heavy atom. The summed E-state index contributed by atoms with van der Waals surface area (Å²) in [7, 11) is 0. The van der Waals surface area contributed by atoms with Crippen molar-refractivity contribution < 1.29 is 19.7 Å². The minimum atomic E-state index is 0.131. The number of ether oxygens (including phenoxy) is 2. The maximum Gasteiger partial charge on any atom is 0.233 e. The topological polar surface area (TPSA) is 170 Å². The third kappa shape index (κ3) is 8.31. The van der Waals surface area contributed by atoms with Crippen molar-refractivity contribution in [1.29, 1.82) is 0 Å². The zero-order valence-corrected chi connectivity index (χ0v) is 28.4. The highest BCUT2D eigenvalue weighted by Gasteiger charge is 2.25. The van der Waals surface area contributed by atoms with Crippen LogP contribution in [-0.4, -0.2) is 87.5 Å². The Labute approximate surface area is 295 Å². The van der Waals surface area contributed by atoms with E-state index >= 15 is 0 Å². The molecule has 6 aromatic rings. The number of rotatable bonds is 8. The molecule has 0 saturated carbocycles. The van der Waals surface area contributed by atoms with Crippen LogP contribution in [-0.2, 0) is 0 Å². The van der Waals surface area contributed by atoms with Crippen molar-refractivity contribution >= 4 is 0 Å². The second kappa shape index (κ2) is 15.4. The molecule has 2 fully saturated rings. The number of nitrogens with one attached hydrogen (secondary N) is 2. The summed E-state index contributed by atoms with van der Waals surface area (Å²) in [5, 5.41) is 52.4. The molecule has 2 aliphatic rings. The van der Waals surface area contributed by atoms with Crippen molar-refractivity contribution in [3.8, 4) is 57.1 Å². The number of aromatic hydroxyl groups is 2. The first-order valence-corrected chi connectivity index (χ1v) is 17.0. The smallest absolute Gasteiger partial charge is 0.233 e. The lowest BCUT2D eigenvalue weighted by Crippen LogP contribution is -2.46. The molecule has 2 saturated heterocycles. The van der Waals surface area contributed by atoms with Crippen LogP contribution in [0.4, 0.5) is 0 Å². The van der Waals surface area contributed by atoms with Gasteiger partial charge >= 0.3 is 0 Å². The molecule has 6 heterocycles. The van der Waals surface area contributed by atoms with Gasteiger partial charge in [-0.25, -0.2) is 9.36 Å². The third-order valence-electron chi connectivity index (χ3n) is 8.72. The maximum absolute atomic E-state index is 10.4. The number of benzene rings is 2. The molecule has 8 rings (SSSR count). The van der Waals surface area contributed by atoms with Crippen molar-refractivity contribution in [3.05, 3.63) is 97.6 Å². The van der Waals surface area contributed by atoms with Crippen LogP contribution in [0.2, 0.25) is 0 Å². The summed E-state index contributed by atoms with van der Waals surface area (Å²) in [5.41, 5.74) is 3.99. The van der Waals surface area contributed by atoms with Crippen LogP contribution >= 0.6 is 0 Å². The van der Waals surface area contributed by atoms with Gasteiger partial charge in [0.25, 0.3) is 0 Å². The first-order chi connectivity index (χ1) is 24.9. The minimum Gasteiger partial charge on any atom is -0.507 e. The summed E-state index contributed by atoms with van der Waals surface area (Å²) in [5.74, 6) is 1.27. The number of hydrogen-bond donors (Lipinski definition) is 4. The number of phenolic OH excluding ortho intramolecular Hbond substituents is 2. The van der Waals surface area contributed by atoms with Gasteiger partial charge in [0.1, 0.15) is 23.7 Å². The van der Waals surface area contributed by atoms with Gasteiger partial charge in [-0.2, -0.15) is 10.2 Å². The van der Waals surface area contributed by atoms with E-state index in [0.29, 0.717) is 46.4 Å². The number of piperidine rings is 1. The van der Waals surface area contributed by atoms with Gasteiger partial charge in [-0.05, 0) is 88.2 Å². The van der Waals surface area contributed by atoms with Crippen molar-refractivity contribution in [3.63, 3.8) is 0 Å². The van der Waals surface area contributed by atoms with E-state index in [1.165, 1.54) is 0 Å². The van der Waals surface area contributed by atoms with Gasteiger partial charge < -0.3 is 30.3 Å². The molecule has 2 aromatic carbocycles. The minimum absolute atomic E-state index is 0.131. The molecule has 262 valence electrons. The zero-order chi connectivity index (χ0) is 35.2. The summed E-state index contributed by atoms with van der Waals surface area (Å²) < 4.78 is 15.1. The second-order valence-electron chi connectivity index (χ2n) is 12.7. The lowest BCUT2D eigenvalue weighted by molar-refractivity contribution is 0.117. The van der Waals surface area contributed by atoms with E-state index in [9.17, 15) is 10.2 Å². The molecular weight excluding hydrogens is 648 g/mol. The number of phenols is 2. The Morgan fingerprint density at radius 2 is 1.20 bits per heavy atom. The van der Waals surface area contributed by atoms with Crippen LogP contribution in [0.1, 0.15) is 33.1 Å². The van der Waals surface area contributed by atoms with Gasteiger partial charge in [0.2, 0.25) is 11.8 Å². The predicted octanol–water partition coefficient (Wildman–Crippen LogP) is 4.72. The Kier molecular flexibility index (Phi) is 10.1. The Morgan fingerprint density at radius 1 is 0.667 bits per heavy atom. The highest BCUT2D eigenvalue weighted by Crippen LogP contribution is 2.31. The number of aromatic nitrogens is 8. The van der Waals surface area contributed by atoms with Crippen LogP contribution < -0.4 is 20.1 Å². The summed E-state index contributed by atoms with van der Waals surface area (Å²) in [6.07, 6.45) is 10.2. The van der Waals surface area contributed by atoms with Gasteiger partial charge in [0.05, 0.1) is 22.8 Å². The lowest BCUT2D eigenvalue weighted by Gasteiger charge is -2.32. The molecule has 0 aliphatic carbocycles. The molecule has 14 heteroatoms. The molecule has 3 unspecified atom stereocenters. The largest absolute Gasteiger partial charge is 0.507 e. The van der Waals surface area contributed by atoms with Crippen molar-refractivity contribution in [1.82, 2.24) is 50.6 Å². The van der Waals surface area contributed by atoms with Gasteiger partial charge in [-0.3, -0.25) is 0 Å². The zero-order valence-electron chi connectivity index (χ0n) is 28.4. The van der Waals surface area contributed by atoms with E-state index in [1.807, 2.05) is 48.8 Å². The highest BCUT2D eigenvalue weighted by atomic mass is 16.5. The molecule has 0 amide bonds. The molecule has 4 N–H and O–H groups in total. The van der Waals surface area contributed by atoms with Crippen molar-refractivity contribution in [2.24, 2.45) is 0 Å². The standard InChI is InChI=1S/C20H23N5O2.C17H17N5O2/c1-13-10-16(11-14(2)22-13)27-20-7-6-18(23-24-20)17-5-4-15(12-19(17)26)25-9-3-8-21-25;23-16-10-12(22-9-1-7-19-22)2-3-14(16)15-4-5-17(21-20-15)24-13-6-8-18-11-13/h3-9,12-14,16,22,26H,10-11H2,1-2H3;1-5,7,9-10,13,18,23H,6,8,11H2. The van der Waals surface area contributed by atoms with E-state index in [1.54, 1.807) is 58.2 Å². The lowest BCUT2D eigenvalue weighted by atomic mass is 9.98. The average Bonchev–Trinajstić information content (AvgIpc) is 3.94. The summed E-state index contributed by atoms with van der Waals surface area (Å²) in [4.78, 5) is 0. The molecule has 2 aliphatic heterocycles. The predicted molar refractivity (Wildman–Crippen MR) is 190 cm³/mol. The first-order valence-electron chi connectivity index (χ1n) is 17.0. The third-order valence-corrected chi connectivity index (χ3v) is 8.72. The molecule has 3 atom stereocenters. The monoisotopic (exact) mass is 688 g/mol. The van der Waals surface area contributed by atoms with Crippen LogP contribution in [0, 0.1) is 0 Å². The van der Waals surface area contributed by atoms with E-state index in [0.717, 1.165) is 43.7 Å². The molecule has 14 nitrogen and oxygen atoms in total. The van der Waals surface area contributed by atoms with Crippen molar-refractivity contribution in [2.45, 2.75) is 57.4 Å².